The van der Waals surface area contributed by atoms with Crippen LogP contribution in [0.3, 0.4) is 0 Å². The van der Waals surface area contributed by atoms with Crippen molar-refractivity contribution >= 4 is 17.4 Å². The Morgan fingerprint density at radius 3 is 3.00 bits per heavy atom. The zero-order valence-electron chi connectivity index (χ0n) is 15.0. The van der Waals surface area contributed by atoms with Crippen molar-refractivity contribution in [2.45, 2.75) is 32.7 Å². The first-order valence-electron chi connectivity index (χ1n) is 8.59. The number of carbonyl (C=O) groups excluding carboxylic acids is 1. The number of nitrogens with zero attached hydrogens (tertiary/aromatic N) is 5. The Morgan fingerprint density at radius 2 is 2.32 bits per heavy atom. The summed E-state index contributed by atoms with van der Waals surface area (Å²) >= 11 is 0. The van der Waals surface area contributed by atoms with Crippen molar-refractivity contribution < 1.29 is 4.79 Å². The first kappa shape index (κ1) is 17.3. The second-order valence-corrected chi connectivity index (χ2v) is 6.60. The number of rotatable bonds is 5. The van der Waals surface area contributed by atoms with E-state index in [1.54, 1.807) is 6.20 Å². The lowest BCUT2D eigenvalue weighted by Gasteiger charge is -2.37. The number of hydrogen-bond donors (Lipinski definition) is 2. The Bertz CT molecular complexity index is 696. The maximum absolute atomic E-state index is 12.4. The molecule has 134 valence electrons. The van der Waals surface area contributed by atoms with Crippen LogP contribution in [0.1, 0.15) is 24.2 Å². The number of amides is 1. The fourth-order valence-electron chi connectivity index (χ4n) is 3.25. The molecule has 25 heavy (non-hydrogen) atoms. The highest BCUT2D eigenvalue weighted by Crippen LogP contribution is 2.20. The minimum absolute atomic E-state index is 0.0215. The molecular formula is C17H25N7O. The third-order valence-electron chi connectivity index (χ3n) is 4.69. The van der Waals surface area contributed by atoms with Crippen molar-refractivity contribution in [1.29, 1.82) is 0 Å². The Kier molecular flexibility index (Phi) is 5.28. The fraction of sp³-hybridized carbons (Fsp3) is 0.529. The second kappa shape index (κ2) is 7.60. The van der Waals surface area contributed by atoms with Gasteiger partial charge in [-0.2, -0.15) is 10.2 Å². The van der Waals surface area contributed by atoms with Gasteiger partial charge in [-0.05, 0) is 45.9 Å². The van der Waals surface area contributed by atoms with E-state index >= 15 is 0 Å². The van der Waals surface area contributed by atoms with Gasteiger partial charge < -0.3 is 10.2 Å². The molecule has 1 aliphatic rings. The number of aromatic nitrogens is 4. The largest absolute Gasteiger partial charge is 0.354 e. The Hall–Kier alpha value is -2.48. The highest BCUT2D eigenvalue weighted by atomic mass is 16.2. The lowest BCUT2D eigenvalue weighted by molar-refractivity contribution is -0.117. The van der Waals surface area contributed by atoms with Crippen LogP contribution in [0.4, 0.5) is 11.5 Å². The number of carbonyl (C=O) groups is 1. The topological polar surface area (TPSA) is 90.0 Å². The van der Waals surface area contributed by atoms with E-state index in [2.05, 4.69) is 35.5 Å². The van der Waals surface area contributed by atoms with Gasteiger partial charge in [0.25, 0.3) is 0 Å². The smallest absolute Gasteiger partial charge is 0.238 e. The molecule has 0 aliphatic carbocycles. The minimum Gasteiger partial charge on any atom is -0.354 e. The average Bonchev–Trinajstić information content (AvgIpc) is 2.94. The van der Waals surface area contributed by atoms with Crippen LogP contribution in [0.2, 0.25) is 0 Å². The molecule has 8 heteroatoms. The van der Waals surface area contributed by atoms with Crippen LogP contribution in [-0.4, -0.2) is 63.9 Å². The molecule has 1 fully saturated rings. The third kappa shape index (κ3) is 4.14. The lowest BCUT2D eigenvalue weighted by atomic mass is 10.0. The predicted octanol–water partition coefficient (Wildman–Crippen LogP) is 1.36. The molecule has 1 unspecified atom stereocenters. The van der Waals surface area contributed by atoms with Gasteiger partial charge in [-0.25, -0.2) is 0 Å². The first-order valence-corrected chi connectivity index (χ1v) is 8.59. The van der Waals surface area contributed by atoms with E-state index < -0.39 is 0 Å². The van der Waals surface area contributed by atoms with Crippen LogP contribution in [-0.2, 0) is 4.79 Å². The van der Waals surface area contributed by atoms with E-state index in [9.17, 15) is 4.79 Å². The van der Waals surface area contributed by atoms with Crippen molar-refractivity contribution in [2.24, 2.45) is 0 Å². The number of aromatic amines is 1. The van der Waals surface area contributed by atoms with Crippen molar-refractivity contribution in [1.82, 2.24) is 25.3 Å². The van der Waals surface area contributed by atoms with Crippen LogP contribution in [0.5, 0.6) is 0 Å². The van der Waals surface area contributed by atoms with Gasteiger partial charge in [0.15, 0.2) is 5.82 Å². The molecule has 2 aromatic heterocycles. The van der Waals surface area contributed by atoms with E-state index in [0.29, 0.717) is 12.6 Å². The van der Waals surface area contributed by atoms with Crippen molar-refractivity contribution in [2.75, 3.05) is 36.9 Å². The number of piperidine rings is 1. The van der Waals surface area contributed by atoms with Crippen LogP contribution in [0.15, 0.2) is 18.3 Å². The predicted molar refractivity (Wildman–Crippen MR) is 96.6 cm³/mol. The first-order chi connectivity index (χ1) is 12.0. The molecule has 0 radical (unpaired) electrons. The van der Waals surface area contributed by atoms with Crippen molar-refractivity contribution in [3.8, 4) is 0 Å². The van der Waals surface area contributed by atoms with Gasteiger partial charge in [0, 0.05) is 25.3 Å². The Balaban J connectivity index is 1.57. The maximum Gasteiger partial charge on any atom is 0.238 e. The molecule has 3 rings (SSSR count). The molecule has 2 aromatic rings. The molecule has 1 amide bonds. The lowest BCUT2D eigenvalue weighted by Crippen LogP contribution is -2.48. The summed E-state index contributed by atoms with van der Waals surface area (Å²) in [6.07, 6.45) is 3.83. The number of likely N-dealkylation sites (N-methyl/N-ethyl adjacent to an activating group) is 1. The van der Waals surface area contributed by atoms with E-state index in [4.69, 9.17) is 0 Å². The van der Waals surface area contributed by atoms with E-state index in [1.807, 2.05) is 33.0 Å². The van der Waals surface area contributed by atoms with E-state index in [1.165, 1.54) is 0 Å². The van der Waals surface area contributed by atoms with Crippen molar-refractivity contribution in [3.05, 3.63) is 29.7 Å². The van der Waals surface area contributed by atoms with Gasteiger partial charge in [-0.3, -0.25) is 14.8 Å². The summed E-state index contributed by atoms with van der Waals surface area (Å²) in [4.78, 5) is 16.7. The molecule has 1 aliphatic heterocycles. The molecule has 0 spiro atoms. The Morgan fingerprint density at radius 1 is 1.48 bits per heavy atom. The number of hydrogen-bond acceptors (Lipinski definition) is 6. The highest BCUT2D eigenvalue weighted by molar-refractivity contribution is 5.93. The monoisotopic (exact) mass is 343 g/mol. The van der Waals surface area contributed by atoms with Gasteiger partial charge >= 0.3 is 0 Å². The molecule has 3 heterocycles. The zero-order valence-corrected chi connectivity index (χ0v) is 15.0. The van der Waals surface area contributed by atoms with Gasteiger partial charge in [0.1, 0.15) is 0 Å². The van der Waals surface area contributed by atoms with Crippen LogP contribution < -0.4 is 10.2 Å². The molecule has 0 saturated carbocycles. The summed E-state index contributed by atoms with van der Waals surface area (Å²) in [5.41, 5.74) is 2.46. The van der Waals surface area contributed by atoms with Crippen LogP contribution >= 0.6 is 0 Å². The number of anilines is 2. The summed E-state index contributed by atoms with van der Waals surface area (Å²) in [5.74, 6) is 0.876. The molecular weight excluding hydrogens is 318 g/mol. The second-order valence-electron chi connectivity index (χ2n) is 6.60. The highest BCUT2D eigenvalue weighted by Gasteiger charge is 2.25. The molecule has 8 nitrogen and oxygen atoms in total. The van der Waals surface area contributed by atoms with Gasteiger partial charge in [-0.15, -0.1) is 5.10 Å². The van der Waals surface area contributed by atoms with E-state index in [0.717, 1.165) is 48.8 Å². The minimum atomic E-state index is -0.0215. The summed E-state index contributed by atoms with van der Waals surface area (Å²) < 4.78 is 0. The molecule has 0 aromatic carbocycles. The SMILES string of the molecule is Cc1n[nH]c(C)c1NC(=O)CN(C)C1CCCN(c2cccnn2)C1. The Labute approximate surface area is 147 Å². The van der Waals surface area contributed by atoms with Gasteiger partial charge in [0.05, 0.1) is 23.6 Å². The number of nitrogens with one attached hydrogen (secondary N) is 2. The number of H-pyrrole nitrogens is 1. The molecule has 2 N–H and O–H groups in total. The third-order valence-corrected chi connectivity index (χ3v) is 4.69. The fourth-order valence-corrected chi connectivity index (χ4v) is 3.25. The van der Waals surface area contributed by atoms with E-state index in [-0.39, 0.29) is 5.91 Å². The molecule has 0 bridgehead atoms. The summed E-state index contributed by atoms with van der Waals surface area (Å²) in [6, 6.07) is 4.19. The zero-order chi connectivity index (χ0) is 17.8. The quantitative estimate of drug-likeness (QED) is 0.852. The number of aryl methyl sites for hydroxylation is 2. The van der Waals surface area contributed by atoms with Crippen molar-refractivity contribution in [3.63, 3.8) is 0 Å². The van der Waals surface area contributed by atoms with Crippen LogP contribution in [0.25, 0.3) is 0 Å². The average molecular weight is 343 g/mol. The van der Waals surface area contributed by atoms with Gasteiger partial charge in [-0.1, -0.05) is 0 Å². The molecule has 1 saturated heterocycles. The molecule has 1 atom stereocenters. The normalized spacial score (nSPS) is 17.8. The van der Waals surface area contributed by atoms with Gasteiger partial charge in [0.2, 0.25) is 5.91 Å². The standard InChI is InChI=1S/C17H25N7O/c1-12-17(13(2)21-20-12)19-16(25)11-23(3)14-6-5-9-24(10-14)15-7-4-8-18-22-15/h4,7-8,14H,5-6,9-11H2,1-3H3,(H,19,25)(H,20,21). The van der Waals surface area contributed by atoms with Crippen LogP contribution in [0, 0.1) is 13.8 Å². The summed E-state index contributed by atoms with van der Waals surface area (Å²) in [6.45, 7) is 5.96. The summed E-state index contributed by atoms with van der Waals surface area (Å²) in [5, 5.41) is 18.1. The summed E-state index contributed by atoms with van der Waals surface area (Å²) in [7, 11) is 2.00. The maximum atomic E-state index is 12.4.